The van der Waals surface area contributed by atoms with Gasteiger partial charge in [-0.1, -0.05) is 48.5 Å². The molecule has 0 saturated heterocycles. The molecule has 1 aliphatic rings. The largest absolute Gasteiger partial charge is 0.497 e. The van der Waals surface area contributed by atoms with Crippen molar-refractivity contribution < 1.29 is 19.1 Å². The maximum absolute atomic E-state index is 13.6. The molecule has 3 aromatic carbocycles. The molecule has 0 bridgehead atoms. The second-order valence-electron chi connectivity index (χ2n) is 6.85. The molecule has 1 heterocycles. The van der Waals surface area contributed by atoms with E-state index < -0.39 is 11.8 Å². The normalized spacial score (nSPS) is 14.3. The Hall–Kier alpha value is -3.99. The minimum atomic E-state index is -0.496. The summed E-state index contributed by atoms with van der Waals surface area (Å²) in [6.45, 7) is 1.34. The minimum Gasteiger partial charge on any atom is -0.497 e. The molecule has 0 spiro atoms. The van der Waals surface area contributed by atoms with Crippen molar-refractivity contribution in [2.75, 3.05) is 12.0 Å². The Kier molecular flexibility index (Phi) is 5.02. The first-order valence-electron chi connectivity index (χ1n) is 9.45. The Labute approximate surface area is 174 Å². The first-order valence-corrected chi connectivity index (χ1v) is 9.45. The molecule has 0 radical (unpaired) electrons. The Morgan fingerprint density at radius 2 is 1.43 bits per heavy atom. The number of anilines is 1. The lowest BCUT2D eigenvalue weighted by atomic mass is 9.89. The molecule has 0 aromatic heterocycles. The number of allylic oxidation sites excluding steroid dienone is 1. The fraction of sp³-hybridized carbons (Fsp3) is 0.0800. The zero-order valence-electron chi connectivity index (χ0n) is 16.6. The maximum Gasteiger partial charge on any atom is 0.266 e. The lowest BCUT2D eigenvalue weighted by molar-refractivity contribution is -0.122. The zero-order valence-corrected chi connectivity index (χ0v) is 16.6. The molecule has 0 unspecified atom stereocenters. The number of methoxy groups -OCH3 is 1. The number of rotatable bonds is 4. The van der Waals surface area contributed by atoms with Gasteiger partial charge in [-0.2, -0.15) is 0 Å². The molecule has 148 valence electrons. The van der Waals surface area contributed by atoms with Crippen LogP contribution in [0.4, 0.5) is 5.69 Å². The average Bonchev–Trinajstić information content (AvgIpc) is 3.07. The third-order valence-corrected chi connectivity index (χ3v) is 5.04. The lowest BCUT2D eigenvalue weighted by Gasteiger charge is -2.13. The van der Waals surface area contributed by atoms with E-state index in [4.69, 9.17) is 4.74 Å². The van der Waals surface area contributed by atoms with E-state index in [1.807, 2.05) is 18.2 Å². The van der Waals surface area contributed by atoms with Crippen LogP contribution in [0.2, 0.25) is 0 Å². The number of benzene rings is 3. The number of hydrogen-bond acceptors (Lipinski definition) is 4. The van der Waals surface area contributed by atoms with E-state index in [1.165, 1.54) is 6.92 Å². The van der Waals surface area contributed by atoms with Crippen molar-refractivity contribution in [1.29, 1.82) is 0 Å². The summed E-state index contributed by atoms with van der Waals surface area (Å²) in [6.07, 6.45) is 0. The van der Waals surface area contributed by atoms with Gasteiger partial charge in [-0.3, -0.25) is 14.4 Å². The van der Waals surface area contributed by atoms with Gasteiger partial charge in [0.15, 0.2) is 5.78 Å². The molecule has 0 aliphatic carbocycles. The Balaban J connectivity index is 1.99. The first-order chi connectivity index (χ1) is 14.5. The van der Waals surface area contributed by atoms with E-state index in [1.54, 1.807) is 67.8 Å². The summed E-state index contributed by atoms with van der Waals surface area (Å²) < 4.78 is 5.18. The summed E-state index contributed by atoms with van der Waals surface area (Å²) in [5.74, 6) is -0.561. The summed E-state index contributed by atoms with van der Waals surface area (Å²) in [5, 5.41) is 0. The van der Waals surface area contributed by atoms with Crippen LogP contribution in [0.25, 0.3) is 11.1 Å². The highest BCUT2D eigenvalue weighted by Crippen LogP contribution is 2.41. The molecule has 3 aromatic rings. The number of nitrogens with zero attached hydrogens (tertiary/aromatic N) is 1. The van der Waals surface area contributed by atoms with Crippen LogP contribution in [-0.2, 0) is 9.59 Å². The molecule has 1 aliphatic heterocycles. The van der Waals surface area contributed by atoms with Crippen molar-refractivity contribution in [3.63, 3.8) is 0 Å². The molecule has 5 nitrogen and oxygen atoms in total. The predicted molar refractivity (Wildman–Crippen MR) is 115 cm³/mol. The van der Waals surface area contributed by atoms with Crippen LogP contribution in [0, 0.1) is 0 Å². The van der Waals surface area contributed by atoms with Crippen LogP contribution in [0.15, 0.2) is 78.9 Å². The Bertz CT molecular complexity index is 1180. The smallest absolute Gasteiger partial charge is 0.266 e. The monoisotopic (exact) mass is 397 g/mol. The summed E-state index contributed by atoms with van der Waals surface area (Å²) in [4.78, 5) is 40.3. The summed E-state index contributed by atoms with van der Waals surface area (Å²) in [7, 11) is 1.55. The number of fused-ring (bicyclic) bond motifs is 1. The van der Waals surface area contributed by atoms with Crippen LogP contribution < -0.4 is 9.64 Å². The van der Waals surface area contributed by atoms with Crippen LogP contribution >= 0.6 is 0 Å². The predicted octanol–water partition coefficient (Wildman–Crippen LogP) is 4.38. The van der Waals surface area contributed by atoms with Gasteiger partial charge in [0.05, 0.1) is 18.4 Å². The third kappa shape index (κ3) is 3.20. The average molecular weight is 397 g/mol. The van der Waals surface area contributed by atoms with Crippen molar-refractivity contribution in [2.24, 2.45) is 0 Å². The number of hydrogen-bond donors (Lipinski definition) is 0. The standard InChI is InChI=1S/C25H19NO4/c1-16(27)26-21-11-7-6-10-20(21)23(25(26)29)22(17-8-4-3-5-9-17)24(28)18-12-14-19(30-2)15-13-18/h3-15H,1-2H3/b23-22+. The van der Waals surface area contributed by atoms with Gasteiger partial charge >= 0.3 is 0 Å². The SMILES string of the molecule is COc1ccc(C(=O)/C(=C2/C(=O)N(C(C)=O)c3ccccc32)c2ccccc2)cc1. The van der Waals surface area contributed by atoms with Gasteiger partial charge in [-0.05, 0) is 35.9 Å². The van der Waals surface area contributed by atoms with Crippen molar-refractivity contribution in [3.05, 3.63) is 95.6 Å². The van der Waals surface area contributed by atoms with Gasteiger partial charge in [-0.25, -0.2) is 4.90 Å². The Morgan fingerprint density at radius 3 is 2.07 bits per heavy atom. The topological polar surface area (TPSA) is 63.7 Å². The lowest BCUT2D eigenvalue weighted by Crippen LogP contribution is -2.31. The van der Waals surface area contributed by atoms with Gasteiger partial charge in [0.1, 0.15) is 5.75 Å². The van der Waals surface area contributed by atoms with Crippen molar-refractivity contribution in [2.45, 2.75) is 6.92 Å². The van der Waals surface area contributed by atoms with E-state index in [-0.39, 0.29) is 16.9 Å². The highest BCUT2D eigenvalue weighted by atomic mass is 16.5. The van der Waals surface area contributed by atoms with E-state index >= 15 is 0 Å². The van der Waals surface area contributed by atoms with E-state index in [0.29, 0.717) is 28.1 Å². The number of carbonyl (C=O) groups excluding carboxylic acids is 3. The maximum atomic E-state index is 13.6. The minimum absolute atomic E-state index is 0.229. The zero-order chi connectivity index (χ0) is 21.3. The van der Waals surface area contributed by atoms with Crippen LogP contribution in [0.3, 0.4) is 0 Å². The summed E-state index contributed by atoms with van der Waals surface area (Å²) in [6, 6.07) is 22.8. The summed E-state index contributed by atoms with van der Waals surface area (Å²) >= 11 is 0. The van der Waals surface area contributed by atoms with Crippen molar-refractivity contribution in [1.82, 2.24) is 0 Å². The second-order valence-corrected chi connectivity index (χ2v) is 6.85. The number of imide groups is 1. The molecule has 4 rings (SSSR count). The second kappa shape index (κ2) is 7.79. The van der Waals surface area contributed by atoms with Crippen LogP contribution in [0.1, 0.15) is 28.4 Å². The van der Waals surface area contributed by atoms with Crippen molar-refractivity contribution >= 4 is 34.4 Å². The van der Waals surface area contributed by atoms with E-state index in [0.717, 1.165) is 4.90 Å². The highest BCUT2D eigenvalue weighted by Gasteiger charge is 2.38. The van der Waals surface area contributed by atoms with Gasteiger partial charge in [-0.15, -0.1) is 0 Å². The van der Waals surface area contributed by atoms with Gasteiger partial charge in [0.2, 0.25) is 5.91 Å². The Morgan fingerprint density at radius 1 is 0.800 bits per heavy atom. The molecular formula is C25H19NO4. The molecule has 0 fully saturated rings. The number of ether oxygens (including phenoxy) is 1. The fourth-order valence-electron chi connectivity index (χ4n) is 3.65. The molecule has 0 atom stereocenters. The number of amides is 2. The van der Waals surface area contributed by atoms with Gasteiger partial charge < -0.3 is 4.74 Å². The van der Waals surface area contributed by atoms with Crippen LogP contribution in [0.5, 0.6) is 5.75 Å². The van der Waals surface area contributed by atoms with E-state index in [9.17, 15) is 14.4 Å². The first kappa shape index (κ1) is 19.3. The molecule has 0 saturated carbocycles. The summed E-state index contributed by atoms with van der Waals surface area (Å²) in [5.41, 5.74) is 2.59. The highest BCUT2D eigenvalue weighted by molar-refractivity contribution is 6.51. The molecular weight excluding hydrogens is 378 g/mol. The third-order valence-electron chi connectivity index (χ3n) is 5.04. The number of para-hydroxylation sites is 1. The van der Waals surface area contributed by atoms with Crippen molar-refractivity contribution in [3.8, 4) is 5.75 Å². The molecule has 5 heteroatoms. The number of carbonyl (C=O) groups is 3. The molecule has 0 N–H and O–H groups in total. The van der Waals surface area contributed by atoms with Crippen LogP contribution in [-0.4, -0.2) is 24.7 Å². The quantitative estimate of drug-likeness (QED) is 0.484. The number of Topliss-reactive ketones (excluding diaryl/α,β-unsaturated/α-hetero) is 1. The van der Waals surface area contributed by atoms with Gasteiger partial charge in [0.25, 0.3) is 5.91 Å². The molecule has 2 amide bonds. The van der Waals surface area contributed by atoms with Gasteiger partial charge in [0, 0.05) is 23.6 Å². The fourth-order valence-corrected chi connectivity index (χ4v) is 3.65. The molecule has 30 heavy (non-hydrogen) atoms. The number of ketones is 1. The van der Waals surface area contributed by atoms with E-state index in [2.05, 4.69) is 0 Å².